The van der Waals surface area contributed by atoms with Crippen molar-refractivity contribution in [3.8, 4) is 5.75 Å². The lowest BCUT2D eigenvalue weighted by atomic mass is 10.1. The second-order valence-electron chi connectivity index (χ2n) is 5.72. The van der Waals surface area contributed by atoms with E-state index >= 15 is 0 Å². The van der Waals surface area contributed by atoms with Crippen molar-refractivity contribution < 1.29 is 19.7 Å². The van der Waals surface area contributed by atoms with Gasteiger partial charge in [-0.25, -0.2) is 14.8 Å². The molecule has 2 aromatic rings. The molecule has 0 aliphatic rings. The van der Waals surface area contributed by atoms with Gasteiger partial charge in [0, 0.05) is 0 Å². The monoisotopic (exact) mass is 361 g/mol. The van der Waals surface area contributed by atoms with Crippen LogP contribution in [0.5, 0.6) is 5.75 Å². The molecule has 0 fully saturated rings. The lowest BCUT2D eigenvalue weighted by molar-refractivity contribution is 0.0690. The summed E-state index contributed by atoms with van der Waals surface area (Å²) in [6.45, 7) is 2.07. The Morgan fingerprint density at radius 3 is 2.88 bits per heavy atom. The number of aliphatic hydroxyl groups is 1. The number of nitrogen functional groups attached to an aromatic ring is 1. The fraction of sp³-hybridized carbons (Fsp3) is 0.412. The zero-order valence-corrected chi connectivity index (χ0v) is 14.6. The average Bonchev–Trinajstić information content (AvgIpc) is 2.64. The number of anilines is 2. The molecule has 0 aliphatic heterocycles. The number of nitrogens with two attached hydrogens (primary N) is 1. The van der Waals surface area contributed by atoms with E-state index in [-0.39, 0.29) is 30.9 Å². The highest BCUT2D eigenvalue weighted by molar-refractivity contribution is 5.85. The number of aromatic nitrogens is 3. The van der Waals surface area contributed by atoms with Gasteiger partial charge in [0.15, 0.2) is 11.6 Å². The Balaban J connectivity index is 2.11. The molecule has 26 heavy (non-hydrogen) atoms. The minimum absolute atomic E-state index is 0.0435. The normalized spacial score (nSPS) is 11.8. The van der Waals surface area contributed by atoms with Crippen LogP contribution in [-0.2, 0) is 6.61 Å². The minimum Gasteiger partial charge on any atom is -0.482 e. The van der Waals surface area contributed by atoms with Crippen LogP contribution in [0.4, 0.5) is 11.8 Å². The molecular formula is C17H23N5O4. The highest BCUT2D eigenvalue weighted by Gasteiger charge is 2.14. The lowest BCUT2D eigenvalue weighted by Gasteiger charge is -2.19. The van der Waals surface area contributed by atoms with Crippen LogP contribution in [0.25, 0.3) is 0 Å². The van der Waals surface area contributed by atoms with Crippen molar-refractivity contribution in [1.29, 1.82) is 0 Å². The first-order chi connectivity index (χ1) is 12.5. The Hall–Kier alpha value is -2.94. The molecule has 140 valence electrons. The van der Waals surface area contributed by atoms with Crippen LogP contribution in [0.15, 0.2) is 24.4 Å². The third kappa shape index (κ3) is 5.55. The van der Waals surface area contributed by atoms with E-state index in [4.69, 9.17) is 15.6 Å². The van der Waals surface area contributed by atoms with Gasteiger partial charge >= 0.3 is 5.97 Å². The molecular weight excluding hydrogens is 338 g/mol. The van der Waals surface area contributed by atoms with Crippen LogP contribution >= 0.6 is 0 Å². The number of hydrogen-bond acceptors (Lipinski definition) is 8. The summed E-state index contributed by atoms with van der Waals surface area (Å²) in [5.41, 5.74) is 6.05. The molecule has 0 aromatic carbocycles. The van der Waals surface area contributed by atoms with Crippen molar-refractivity contribution in [3.63, 3.8) is 0 Å². The smallest absolute Gasteiger partial charge is 0.354 e. The summed E-state index contributed by atoms with van der Waals surface area (Å²) in [5.74, 6) is -0.302. The van der Waals surface area contributed by atoms with Crippen LogP contribution in [0, 0.1) is 0 Å². The number of ether oxygens (including phenoxy) is 1. The molecule has 0 amide bonds. The molecule has 9 heteroatoms. The van der Waals surface area contributed by atoms with Crippen LogP contribution < -0.4 is 15.8 Å². The van der Waals surface area contributed by atoms with Gasteiger partial charge in [0.25, 0.3) is 0 Å². The van der Waals surface area contributed by atoms with Gasteiger partial charge < -0.3 is 26.0 Å². The van der Waals surface area contributed by atoms with Crippen LogP contribution in [-0.4, -0.2) is 43.8 Å². The maximum absolute atomic E-state index is 11.0. The van der Waals surface area contributed by atoms with Crippen LogP contribution in [0.3, 0.4) is 0 Å². The first kappa shape index (κ1) is 19.4. The summed E-state index contributed by atoms with van der Waals surface area (Å²) in [5, 5.41) is 21.6. The standard InChI is InChI=1S/C17H23N5O4/c1-2-3-5-11(9-23)21-15-14(8-19-17(18)22-15)26-10-12-6-4-7-13(20-12)16(24)25/h4,6-8,11,23H,2-3,5,9-10H2,1H3,(H,24,25)(H3,18,19,21,22)/t11-/m0/s1. The molecule has 2 heterocycles. The average molecular weight is 361 g/mol. The summed E-state index contributed by atoms with van der Waals surface area (Å²) < 4.78 is 5.68. The van der Waals surface area contributed by atoms with Crippen molar-refractivity contribution in [2.45, 2.75) is 38.8 Å². The van der Waals surface area contributed by atoms with Crippen molar-refractivity contribution in [1.82, 2.24) is 15.0 Å². The Labute approximate surface area is 151 Å². The lowest BCUT2D eigenvalue weighted by Crippen LogP contribution is -2.25. The van der Waals surface area contributed by atoms with Crippen molar-refractivity contribution in [3.05, 3.63) is 35.8 Å². The summed E-state index contributed by atoms with van der Waals surface area (Å²) in [4.78, 5) is 23.0. The number of carbonyl (C=O) groups is 1. The number of carboxylic acid groups (broad SMARTS) is 1. The van der Waals surface area contributed by atoms with Crippen molar-refractivity contribution in [2.24, 2.45) is 0 Å². The Kier molecular flexibility index (Phi) is 7.10. The molecule has 0 bridgehead atoms. The van der Waals surface area contributed by atoms with Crippen LogP contribution in [0.2, 0.25) is 0 Å². The molecule has 0 saturated heterocycles. The van der Waals surface area contributed by atoms with E-state index in [0.29, 0.717) is 17.3 Å². The topological polar surface area (TPSA) is 143 Å². The summed E-state index contributed by atoms with van der Waals surface area (Å²) >= 11 is 0. The molecule has 0 unspecified atom stereocenters. The number of aromatic carboxylic acids is 1. The second kappa shape index (κ2) is 9.52. The van der Waals surface area contributed by atoms with Gasteiger partial charge in [-0.2, -0.15) is 4.98 Å². The molecule has 1 atom stereocenters. The number of nitrogens with zero attached hydrogens (tertiary/aromatic N) is 3. The maximum Gasteiger partial charge on any atom is 0.354 e. The molecule has 0 radical (unpaired) electrons. The Bertz CT molecular complexity index is 741. The SMILES string of the molecule is CCCC[C@@H](CO)Nc1nc(N)ncc1OCc1cccc(C(=O)O)n1. The minimum atomic E-state index is -1.10. The summed E-state index contributed by atoms with van der Waals surface area (Å²) in [6, 6.07) is 4.49. The number of hydrogen-bond donors (Lipinski definition) is 4. The highest BCUT2D eigenvalue weighted by atomic mass is 16.5. The first-order valence-corrected chi connectivity index (χ1v) is 8.35. The van der Waals surface area contributed by atoms with Crippen molar-refractivity contribution in [2.75, 3.05) is 17.7 Å². The fourth-order valence-corrected chi connectivity index (χ4v) is 2.28. The number of unbranched alkanes of at least 4 members (excludes halogenated alkanes) is 1. The summed E-state index contributed by atoms with van der Waals surface area (Å²) in [6.07, 6.45) is 4.18. The number of carboxylic acids is 1. The second-order valence-corrected chi connectivity index (χ2v) is 5.72. The van der Waals surface area contributed by atoms with Gasteiger partial charge in [0.1, 0.15) is 12.3 Å². The van der Waals surface area contributed by atoms with Gasteiger partial charge in [-0.15, -0.1) is 0 Å². The molecule has 0 aliphatic carbocycles. The van der Waals surface area contributed by atoms with E-state index in [1.54, 1.807) is 12.1 Å². The van der Waals surface area contributed by atoms with Gasteiger partial charge in [-0.05, 0) is 18.6 Å². The van der Waals surface area contributed by atoms with E-state index in [1.165, 1.54) is 12.3 Å². The molecule has 2 aromatic heterocycles. The summed E-state index contributed by atoms with van der Waals surface area (Å²) in [7, 11) is 0. The number of nitrogens with one attached hydrogen (secondary N) is 1. The fourth-order valence-electron chi connectivity index (χ4n) is 2.28. The van der Waals surface area contributed by atoms with Gasteiger partial charge in [-0.3, -0.25) is 0 Å². The maximum atomic E-state index is 11.0. The third-order valence-electron chi connectivity index (χ3n) is 3.64. The molecule has 2 rings (SSSR count). The largest absolute Gasteiger partial charge is 0.482 e. The Morgan fingerprint density at radius 1 is 1.38 bits per heavy atom. The predicted octanol–water partition coefficient (Wildman–Crippen LogP) is 1.69. The van der Waals surface area contributed by atoms with Crippen LogP contribution in [0.1, 0.15) is 42.4 Å². The Morgan fingerprint density at radius 2 is 2.19 bits per heavy atom. The zero-order chi connectivity index (χ0) is 18.9. The highest BCUT2D eigenvalue weighted by Crippen LogP contribution is 2.24. The van der Waals surface area contributed by atoms with Gasteiger partial charge in [0.05, 0.1) is 24.5 Å². The van der Waals surface area contributed by atoms with Crippen molar-refractivity contribution >= 4 is 17.7 Å². The van der Waals surface area contributed by atoms with E-state index < -0.39 is 5.97 Å². The first-order valence-electron chi connectivity index (χ1n) is 8.35. The third-order valence-corrected chi connectivity index (χ3v) is 3.64. The zero-order valence-electron chi connectivity index (χ0n) is 14.6. The number of pyridine rings is 1. The number of aliphatic hydroxyl groups excluding tert-OH is 1. The molecule has 0 spiro atoms. The molecule has 0 saturated carbocycles. The number of rotatable bonds is 10. The molecule has 9 nitrogen and oxygen atoms in total. The predicted molar refractivity (Wildman–Crippen MR) is 96.0 cm³/mol. The molecule has 5 N–H and O–H groups in total. The van der Waals surface area contributed by atoms with Gasteiger partial charge in [0.2, 0.25) is 5.95 Å². The van der Waals surface area contributed by atoms with E-state index in [0.717, 1.165) is 19.3 Å². The van der Waals surface area contributed by atoms with Gasteiger partial charge in [-0.1, -0.05) is 25.8 Å². The quantitative estimate of drug-likeness (QED) is 0.497. The van der Waals surface area contributed by atoms with E-state index in [2.05, 4.69) is 27.2 Å². The van der Waals surface area contributed by atoms with E-state index in [1.807, 2.05) is 0 Å². The van der Waals surface area contributed by atoms with E-state index in [9.17, 15) is 9.90 Å².